The maximum absolute atomic E-state index is 11.4. The van der Waals surface area contributed by atoms with Gasteiger partial charge in [0.2, 0.25) is 0 Å². The van der Waals surface area contributed by atoms with Crippen LogP contribution < -0.4 is 0 Å². The normalized spacial score (nSPS) is 10.1. The number of rotatable bonds is 5. The highest BCUT2D eigenvalue weighted by atomic mass is 32.2. The van der Waals surface area contributed by atoms with Gasteiger partial charge in [-0.3, -0.25) is 9.59 Å². The number of carbonyl (C=O) groups excluding carboxylic acids is 2. The molecule has 0 aliphatic rings. The lowest BCUT2D eigenvalue weighted by molar-refractivity contribution is -0.119. The number of Topliss-reactive ketones (excluding diaryl/α,β-unsaturated/α-hetero) is 2. The monoisotopic (exact) mass is 286 g/mol. The molecule has 0 N–H and O–H groups in total. The van der Waals surface area contributed by atoms with E-state index in [-0.39, 0.29) is 17.1 Å². The fourth-order valence-corrected chi connectivity index (χ4v) is 2.46. The van der Waals surface area contributed by atoms with Gasteiger partial charge < -0.3 is 4.42 Å². The fourth-order valence-electron chi connectivity index (χ4n) is 1.66. The SMILES string of the molecule is CC(=O)C(=Cc1ccc(Sc2ccccc2)o1)C(C)=O. The van der Waals surface area contributed by atoms with Crippen LogP contribution >= 0.6 is 11.8 Å². The van der Waals surface area contributed by atoms with E-state index in [4.69, 9.17) is 4.42 Å². The third-order valence-electron chi connectivity index (χ3n) is 2.61. The van der Waals surface area contributed by atoms with Crippen LogP contribution in [0.5, 0.6) is 0 Å². The molecule has 2 rings (SSSR count). The van der Waals surface area contributed by atoms with Crippen molar-refractivity contribution in [3.8, 4) is 0 Å². The molecule has 1 aromatic carbocycles. The number of allylic oxidation sites excluding steroid dienone is 1. The van der Waals surface area contributed by atoms with Crippen LogP contribution in [0.2, 0.25) is 0 Å². The molecule has 0 unspecified atom stereocenters. The summed E-state index contributed by atoms with van der Waals surface area (Å²) in [6.45, 7) is 2.74. The Kier molecular flexibility index (Phi) is 4.58. The van der Waals surface area contributed by atoms with Crippen LogP contribution in [0.3, 0.4) is 0 Å². The Hall–Kier alpha value is -2.07. The van der Waals surface area contributed by atoms with Crippen molar-refractivity contribution >= 4 is 29.4 Å². The maximum atomic E-state index is 11.4. The van der Waals surface area contributed by atoms with E-state index >= 15 is 0 Å². The predicted octanol–water partition coefficient (Wildman–Crippen LogP) is 3.99. The zero-order valence-corrected chi connectivity index (χ0v) is 12.1. The van der Waals surface area contributed by atoms with Crippen molar-refractivity contribution in [3.05, 3.63) is 53.8 Å². The van der Waals surface area contributed by atoms with E-state index in [1.165, 1.54) is 31.7 Å². The van der Waals surface area contributed by atoms with Gasteiger partial charge in [-0.2, -0.15) is 0 Å². The lowest BCUT2D eigenvalue weighted by atomic mass is 10.1. The van der Waals surface area contributed by atoms with E-state index in [0.29, 0.717) is 10.9 Å². The van der Waals surface area contributed by atoms with Gasteiger partial charge in [0.1, 0.15) is 5.76 Å². The molecular weight excluding hydrogens is 272 g/mol. The van der Waals surface area contributed by atoms with Gasteiger partial charge in [0.05, 0.1) is 5.57 Å². The molecule has 102 valence electrons. The first-order valence-electron chi connectivity index (χ1n) is 6.12. The Morgan fingerprint density at radius 1 is 1.00 bits per heavy atom. The van der Waals surface area contributed by atoms with Crippen molar-refractivity contribution < 1.29 is 14.0 Å². The molecule has 0 saturated heterocycles. The van der Waals surface area contributed by atoms with Gasteiger partial charge in [0.15, 0.2) is 16.7 Å². The summed E-state index contributed by atoms with van der Waals surface area (Å²) in [5.41, 5.74) is 0.149. The summed E-state index contributed by atoms with van der Waals surface area (Å²) in [7, 11) is 0. The van der Waals surface area contributed by atoms with Gasteiger partial charge in [0, 0.05) is 4.90 Å². The van der Waals surface area contributed by atoms with E-state index in [1.54, 1.807) is 6.07 Å². The lowest BCUT2D eigenvalue weighted by Crippen LogP contribution is -2.05. The molecule has 0 atom stereocenters. The number of hydrogen-bond donors (Lipinski definition) is 0. The van der Waals surface area contributed by atoms with Crippen LogP contribution in [-0.2, 0) is 9.59 Å². The molecule has 0 fully saturated rings. The van der Waals surface area contributed by atoms with Gasteiger partial charge in [-0.1, -0.05) is 30.0 Å². The minimum Gasteiger partial charge on any atom is -0.450 e. The molecule has 0 amide bonds. The Balaban J connectivity index is 2.19. The van der Waals surface area contributed by atoms with Crippen molar-refractivity contribution in [1.29, 1.82) is 0 Å². The van der Waals surface area contributed by atoms with Crippen molar-refractivity contribution in [2.45, 2.75) is 23.8 Å². The second-order valence-corrected chi connectivity index (χ2v) is 5.32. The van der Waals surface area contributed by atoms with Crippen molar-refractivity contribution in [2.24, 2.45) is 0 Å². The largest absolute Gasteiger partial charge is 0.450 e. The molecular formula is C16H14O3S. The van der Waals surface area contributed by atoms with Crippen LogP contribution in [0.4, 0.5) is 0 Å². The van der Waals surface area contributed by atoms with Crippen LogP contribution in [0.1, 0.15) is 19.6 Å². The molecule has 0 aliphatic carbocycles. The average molecular weight is 286 g/mol. The summed E-state index contributed by atoms with van der Waals surface area (Å²) in [4.78, 5) is 23.8. The number of furan rings is 1. The Labute approximate surface area is 121 Å². The minimum absolute atomic E-state index is 0.149. The second kappa shape index (κ2) is 6.39. The van der Waals surface area contributed by atoms with Crippen molar-refractivity contribution in [3.63, 3.8) is 0 Å². The molecule has 0 bridgehead atoms. The van der Waals surface area contributed by atoms with Gasteiger partial charge >= 0.3 is 0 Å². The van der Waals surface area contributed by atoms with Crippen LogP contribution in [-0.4, -0.2) is 11.6 Å². The quantitative estimate of drug-likeness (QED) is 0.473. The van der Waals surface area contributed by atoms with Crippen molar-refractivity contribution in [2.75, 3.05) is 0 Å². The molecule has 0 spiro atoms. The third-order valence-corrected chi connectivity index (χ3v) is 3.54. The Bertz CT molecular complexity index is 637. The summed E-state index contributed by atoms with van der Waals surface area (Å²) in [5.74, 6) is -0.0128. The first-order valence-corrected chi connectivity index (χ1v) is 6.94. The van der Waals surface area contributed by atoms with Crippen LogP contribution in [0.25, 0.3) is 6.08 Å². The topological polar surface area (TPSA) is 47.3 Å². The smallest absolute Gasteiger partial charge is 0.165 e. The number of hydrogen-bond acceptors (Lipinski definition) is 4. The standard InChI is InChI=1S/C16H14O3S/c1-11(17)15(12(2)18)10-13-8-9-16(19-13)20-14-6-4-3-5-7-14/h3-10H,1-2H3. The molecule has 20 heavy (non-hydrogen) atoms. The summed E-state index contributed by atoms with van der Waals surface area (Å²) in [5, 5.41) is 0.717. The fraction of sp³-hybridized carbons (Fsp3) is 0.125. The molecule has 2 aromatic rings. The second-order valence-electron chi connectivity index (χ2n) is 4.24. The summed E-state index contributed by atoms with van der Waals surface area (Å²) >= 11 is 1.49. The zero-order valence-electron chi connectivity index (χ0n) is 11.3. The molecule has 1 heterocycles. The maximum Gasteiger partial charge on any atom is 0.165 e. The van der Waals surface area contributed by atoms with Gasteiger partial charge in [-0.25, -0.2) is 0 Å². The van der Waals surface area contributed by atoms with Gasteiger partial charge in [-0.05, 0) is 44.2 Å². The molecule has 0 aliphatic heterocycles. The summed E-state index contributed by atoms with van der Waals surface area (Å²) in [6, 6.07) is 13.4. The number of carbonyl (C=O) groups is 2. The number of ketones is 2. The Morgan fingerprint density at radius 3 is 2.25 bits per heavy atom. The van der Waals surface area contributed by atoms with E-state index in [0.717, 1.165) is 4.90 Å². The number of benzene rings is 1. The van der Waals surface area contributed by atoms with Crippen LogP contribution in [0, 0.1) is 0 Å². The van der Waals surface area contributed by atoms with E-state index in [1.807, 2.05) is 36.4 Å². The van der Waals surface area contributed by atoms with E-state index in [9.17, 15) is 9.59 Å². The molecule has 1 aromatic heterocycles. The Morgan fingerprint density at radius 2 is 1.65 bits per heavy atom. The van der Waals surface area contributed by atoms with Crippen LogP contribution in [0.15, 0.2) is 62.4 Å². The van der Waals surface area contributed by atoms with Gasteiger partial charge in [-0.15, -0.1) is 0 Å². The minimum atomic E-state index is -0.258. The molecule has 0 saturated carbocycles. The molecule has 0 radical (unpaired) electrons. The van der Waals surface area contributed by atoms with Crippen molar-refractivity contribution in [1.82, 2.24) is 0 Å². The summed E-state index contributed by atoms with van der Waals surface area (Å²) < 4.78 is 5.60. The zero-order chi connectivity index (χ0) is 14.5. The average Bonchev–Trinajstić information content (AvgIpc) is 2.84. The summed E-state index contributed by atoms with van der Waals surface area (Å²) in [6.07, 6.45) is 1.49. The molecule has 4 heteroatoms. The highest BCUT2D eigenvalue weighted by Crippen LogP contribution is 2.29. The lowest BCUT2D eigenvalue weighted by Gasteiger charge is -1.97. The van der Waals surface area contributed by atoms with E-state index in [2.05, 4.69) is 0 Å². The molecule has 3 nitrogen and oxygen atoms in total. The highest BCUT2D eigenvalue weighted by Gasteiger charge is 2.11. The first-order chi connectivity index (χ1) is 9.56. The van der Waals surface area contributed by atoms with Gasteiger partial charge in [0.25, 0.3) is 0 Å². The first kappa shape index (κ1) is 14.3. The van der Waals surface area contributed by atoms with E-state index < -0.39 is 0 Å². The third kappa shape index (κ3) is 3.71. The predicted molar refractivity (Wildman–Crippen MR) is 78.6 cm³/mol. The highest BCUT2D eigenvalue weighted by molar-refractivity contribution is 7.99.